The average molecular weight is 457 g/mol. The van der Waals surface area contributed by atoms with Crippen LogP contribution in [0.15, 0.2) is 36.4 Å². The summed E-state index contributed by atoms with van der Waals surface area (Å²) in [5.41, 5.74) is 3.27. The molecule has 1 amide bonds. The molecule has 0 saturated carbocycles. The van der Waals surface area contributed by atoms with Crippen LogP contribution in [0.1, 0.15) is 53.2 Å². The van der Waals surface area contributed by atoms with E-state index in [-0.39, 0.29) is 11.9 Å². The third-order valence-electron chi connectivity index (χ3n) is 6.47. The molecular weight excluding hydrogens is 428 g/mol. The monoisotopic (exact) mass is 456 g/mol. The molecular formula is C24H28N2O5S. The van der Waals surface area contributed by atoms with Crippen molar-refractivity contribution in [3.05, 3.63) is 53.1 Å². The molecule has 0 bridgehead atoms. The second-order valence-corrected chi connectivity index (χ2v) is 10.6. The normalized spacial score (nSPS) is 20.6. The Morgan fingerprint density at radius 2 is 1.78 bits per heavy atom. The minimum absolute atomic E-state index is 0.0109. The van der Waals surface area contributed by atoms with Crippen LogP contribution < -0.4 is 13.8 Å². The Bertz CT molecular complexity index is 1150. The van der Waals surface area contributed by atoms with E-state index in [1.165, 1.54) is 10.6 Å². The number of amides is 1. The van der Waals surface area contributed by atoms with Crippen molar-refractivity contribution in [1.29, 1.82) is 0 Å². The number of hydrogen-bond acceptors (Lipinski definition) is 5. The molecule has 170 valence electrons. The van der Waals surface area contributed by atoms with Gasteiger partial charge in [0.15, 0.2) is 11.5 Å². The number of nitrogens with zero attached hydrogens (tertiary/aromatic N) is 2. The van der Waals surface area contributed by atoms with E-state index in [1.54, 1.807) is 12.1 Å². The summed E-state index contributed by atoms with van der Waals surface area (Å²) < 4.78 is 37.3. The first-order chi connectivity index (χ1) is 15.4. The lowest BCUT2D eigenvalue weighted by Gasteiger charge is -2.30. The standard InChI is InChI=1S/C24H28N2O5S/c1-32(28,29)26-12-2-5-17-15-19(7-9-21(17)26)24(27)25-11-3-6-20(25)18-8-10-22-23(16-18)31-14-4-13-30-22/h7-10,15-16,20H,2-6,11-14H2,1H3/t20-/m0/s1. The number of ether oxygens (including phenoxy) is 2. The summed E-state index contributed by atoms with van der Waals surface area (Å²) in [7, 11) is -3.33. The van der Waals surface area contributed by atoms with E-state index in [9.17, 15) is 13.2 Å². The smallest absolute Gasteiger partial charge is 0.254 e. The van der Waals surface area contributed by atoms with Crippen LogP contribution in [0.4, 0.5) is 5.69 Å². The number of carbonyl (C=O) groups excluding carboxylic acids is 1. The maximum absolute atomic E-state index is 13.5. The van der Waals surface area contributed by atoms with Crippen LogP contribution in [-0.2, 0) is 16.4 Å². The lowest BCUT2D eigenvalue weighted by atomic mass is 9.99. The molecule has 3 heterocycles. The molecule has 1 atom stereocenters. The van der Waals surface area contributed by atoms with Crippen LogP contribution in [0.3, 0.4) is 0 Å². The highest BCUT2D eigenvalue weighted by Crippen LogP contribution is 2.39. The van der Waals surface area contributed by atoms with Gasteiger partial charge in [-0.2, -0.15) is 0 Å². The zero-order chi connectivity index (χ0) is 22.3. The second-order valence-electron chi connectivity index (χ2n) is 8.70. The fourth-order valence-electron chi connectivity index (χ4n) is 4.95. The zero-order valence-electron chi connectivity index (χ0n) is 18.2. The van der Waals surface area contributed by atoms with E-state index >= 15 is 0 Å². The first-order valence-corrected chi connectivity index (χ1v) is 13.1. The third-order valence-corrected chi connectivity index (χ3v) is 7.65. The molecule has 0 unspecified atom stereocenters. The molecule has 32 heavy (non-hydrogen) atoms. The van der Waals surface area contributed by atoms with Crippen LogP contribution in [-0.4, -0.2) is 51.8 Å². The Balaban J connectivity index is 1.41. The summed E-state index contributed by atoms with van der Waals surface area (Å²) >= 11 is 0. The van der Waals surface area contributed by atoms with Crippen molar-refractivity contribution in [2.75, 3.05) is 36.9 Å². The SMILES string of the molecule is CS(=O)(=O)N1CCCc2cc(C(=O)N3CCC[C@H]3c3ccc4c(c3)OCCCO4)ccc21. The van der Waals surface area contributed by atoms with Crippen molar-refractivity contribution in [3.63, 3.8) is 0 Å². The van der Waals surface area contributed by atoms with E-state index in [0.717, 1.165) is 54.7 Å². The van der Waals surface area contributed by atoms with Crippen molar-refractivity contribution in [3.8, 4) is 11.5 Å². The van der Waals surface area contributed by atoms with Gasteiger partial charge >= 0.3 is 0 Å². The Morgan fingerprint density at radius 3 is 2.59 bits per heavy atom. The highest BCUT2D eigenvalue weighted by atomic mass is 32.2. The first kappa shape index (κ1) is 21.1. The molecule has 0 spiro atoms. The van der Waals surface area contributed by atoms with Gasteiger partial charge in [-0.1, -0.05) is 6.07 Å². The summed E-state index contributed by atoms with van der Waals surface area (Å²) in [6.07, 6.45) is 5.45. The molecule has 0 aliphatic carbocycles. The molecule has 7 nitrogen and oxygen atoms in total. The minimum atomic E-state index is -3.33. The summed E-state index contributed by atoms with van der Waals surface area (Å²) in [5.74, 6) is 1.49. The van der Waals surface area contributed by atoms with Gasteiger partial charge in [0.25, 0.3) is 5.91 Å². The minimum Gasteiger partial charge on any atom is -0.490 e. The molecule has 8 heteroatoms. The topological polar surface area (TPSA) is 76.2 Å². The molecule has 3 aliphatic heterocycles. The predicted molar refractivity (Wildman–Crippen MR) is 122 cm³/mol. The quantitative estimate of drug-likeness (QED) is 0.706. The van der Waals surface area contributed by atoms with Gasteiger partial charge in [-0.25, -0.2) is 8.42 Å². The Hall–Kier alpha value is -2.74. The van der Waals surface area contributed by atoms with Gasteiger partial charge in [0.05, 0.1) is 31.2 Å². The molecule has 1 fully saturated rings. The van der Waals surface area contributed by atoms with E-state index < -0.39 is 10.0 Å². The molecule has 5 rings (SSSR count). The summed E-state index contributed by atoms with van der Waals surface area (Å²) in [4.78, 5) is 15.4. The fraction of sp³-hybridized carbons (Fsp3) is 0.458. The third kappa shape index (κ3) is 3.92. The second kappa shape index (κ2) is 8.31. The molecule has 0 radical (unpaired) electrons. The van der Waals surface area contributed by atoms with Crippen LogP contribution >= 0.6 is 0 Å². The Labute approximate surface area is 189 Å². The zero-order valence-corrected chi connectivity index (χ0v) is 19.1. The predicted octanol–water partition coefficient (Wildman–Crippen LogP) is 3.54. The van der Waals surface area contributed by atoms with Crippen molar-refractivity contribution in [2.45, 2.75) is 38.1 Å². The van der Waals surface area contributed by atoms with Crippen LogP contribution in [0.5, 0.6) is 11.5 Å². The van der Waals surface area contributed by atoms with E-state index in [2.05, 4.69) is 0 Å². The number of benzene rings is 2. The van der Waals surface area contributed by atoms with Gasteiger partial charge in [0.2, 0.25) is 10.0 Å². The average Bonchev–Trinajstić information content (AvgIpc) is 3.15. The number of sulfonamides is 1. The van der Waals surface area contributed by atoms with Gasteiger partial charge in [0.1, 0.15) is 0 Å². The lowest BCUT2D eigenvalue weighted by Crippen LogP contribution is -2.35. The van der Waals surface area contributed by atoms with Crippen molar-refractivity contribution in [1.82, 2.24) is 4.90 Å². The molecule has 0 aromatic heterocycles. The van der Waals surface area contributed by atoms with E-state index in [0.29, 0.717) is 37.6 Å². The van der Waals surface area contributed by atoms with E-state index in [4.69, 9.17) is 9.47 Å². The number of carbonyl (C=O) groups is 1. The largest absolute Gasteiger partial charge is 0.490 e. The molecule has 2 aromatic carbocycles. The van der Waals surface area contributed by atoms with Gasteiger partial charge in [-0.15, -0.1) is 0 Å². The summed E-state index contributed by atoms with van der Waals surface area (Å²) in [5, 5.41) is 0. The van der Waals surface area contributed by atoms with Gasteiger partial charge in [0, 0.05) is 25.1 Å². The number of hydrogen-bond donors (Lipinski definition) is 0. The fourth-order valence-corrected chi connectivity index (χ4v) is 5.95. The summed E-state index contributed by atoms with van der Waals surface area (Å²) in [6.45, 7) is 2.46. The number of fused-ring (bicyclic) bond motifs is 2. The Morgan fingerprint density at radius 1 is 0.969 bits per heavy atom. The first-order valence-electron chi connectivity index (χ1n) is 11.2. The molecule has 2 aromatic rings. The van der Waals surface area contributed by atoms with E-state index in [1.807, 2.05) is 29.2 Å². The maximum atomic E-state index is 13.5. The molecule has 3 aliphatic rings. The van der Waals surface area contributed by atoms with Crippen LogP contribution in [0, 0.1) is 0 Å². The number of aryl methyl sites for hydroxylation is 1. The van der Waals surface area contributed by atoms with Crippen LogP contribution in [0.2, 0.25) is 0 Å². The van der Waals surface area contributed by atoms with Crippen molar-refractivity contribution >= 4 is 21.6 Å². The van der Waals surface area contributed by atoms with Gasteiger partial charge in [-0.05, 0) is 67.1 Å². The lowest BCUT2D eigenvalue weighted by molar-refractivity contribution is 0.0735. The maximum Gasteiger partial charge on any atom is 0.254 e. The molecule has 0 N–H and O–H groups in total. The van der Waals surface area contributed by atoms with Gasteiger partial charge in [-0.3, -0.25) is 9.10 Å². The highest BCUT2D eigenvalue weighted by molar-refractivity contribution is 7.92. The molecule has 1 saturated heterocycles. The Kier molecular flexibility index (Phi) is 5.49. The number of rotatable bonds is 3. The van der Waals surface area contributed by atoms with Crippen LogP contribution in [0.25, 0.3) is 0 Å². The number of anilines is 1. The van der Waals surface area contributed by atoms with Crippen molar-refractivity contribution in [2.24, 2.45) is 0 Å². The van der Waals surface area contributed by atoms with Crippen molar-refractivity contribution < 1.29 is 22.7 Å². The number of likely N-dealkylation sites (tertiary alicyclic amines) is 1. The van der Waals surface area contributed by atoms with Gasteiger partial charge < -0.3 is 14.4 Å². The highest BCUT2D eigenvalue weighted by Gasteiger charge is 2.32. The summed E-state index contributed by atoms with van der Waals surface area (Å²) in [6, 6.07) is 11.4.